The summed E-state index contributed by atoms with van der Waals surface area (Å²) < 4.78 is 7.48. The first kappa shape index (κ1) is 20.1. The second kappa shape index (κ2) is 9.55. The number of rotatable bonds is 7. The number of amides is 2. The van der Waals surface area contributed by atoms with E-state index in [9.17, 15) is 4.79 Å². The van der Waals surface area contributed by atoms with Crippen molar-refractivity contribution in [1.29, 1.82) is 0 Å². The number of anilines is 1. The summed E-state index contributed by atoms with van der Waals surface area (Å²) in [5.41, 5.74) is 0.721. The number of ether oxygens (including phenoxy) is 1. The highest BCUT2D eigenvalue weighted by atomic mass is 16.5. The van der Waals surface area contributed by atoms with Crippen LogP contribution in [0, 0.1) is 11.8 Å². The molecule has 0 saturated carbocycles. The predicted molar refractivity (Wildman–Crippen MR) is 107 cm³/mol. The molecule has 7 nitrogen and oxygen atoms in total. The molecule has 2 atom stereocenters. The molecule has 2 aliphatic heterocycles. The molecule has 2 saturated heterocycles. The summed E-state index contributed by atoms with van der Waals surface area (Å²) in [6, 6.07) is 0.216. The molecule has 0 aliphatic carbocycles. The summed E-state index contributed by atoms with van der Waals surface area (Å²) in [6.45, 7) is 11.3. The van der Waals surface area contributed by atoms with Crippen LogP contribution >= 0.6 is 0 Å². The van der Waals surface area contributed by atoms with E-state index in [0.717, 1.165) is 50.7 Å². The van der Waals surface area contributed by atoms with E-state index in [-0.39, 0.29) is 12.1 Å². The third-order valence-electron chi connectivity index (χ3n) is 5.83. The van der Waals surface area contributed by atoms with Crippen LogP contribution in [0.1, 0.15) is 46.5 Å². The monoisotopic (exact) mass is 377 g/mol. The molecule has 0 radical (unpaired) electrons. The number of nitrogens with one attached hydrogen (secondary N) is 2. The maximum atomic E-state index is 12.3. The number of hydrogen-bond donors (Lipinski definition) is 2. The van der Waals surface area contributed by atoms with Crippen molar-refractivity contribution in [2.45, 2.75) is 65.1 Å². The fraction of sp³-hybridized carbons (Fsp3) is 0.800. The van der Waals surface area contributed by atoms with Crippen molar-refractivity contribution in [2.75, 3.05) is 31.6 Å². The fourth-order valence-corrected chi connectivity index (χ4v) is 4.04. The number of hydrogen-bond acceptors (Lipinski definition) is 4. The average Bonchev–Trinajstić information content (AvgIpc) is 3.29. The van der Waals surface area contributed by atoms with Crippen LogP contribution in [0.2, 0.25) is 0 Å². The SMILES string of the molecule is CC1CCN(C(CNC(=O)Nc2cnn(CC3CCCO3)c2)C(C)C)CC1. The standard InChI is InChI=1S/C20H35N5O2/c1-15(2)19(24-8-6-16(3)7-9-24)12-21-20(26)23-17-11-22-25(13-17)14-18-5-4-10-27-18/h11,13,15-16,18-19H,4-10,12,14H2,1-3H3,(H2,21,23,26). The predicted octanol–water partition coefficient (Wildman–Crippen LogP) is 2.94. The zero-order valence-corrected chi connectivity index (χ0v) is 17.0. The smallest absolute Gasteiger partial charge is 0.319 e. The highest BCUT2D eigenvalue weighted by molar-refractivity contribution is 5.88. The van der Waals surface area contributed by atoms with Crippen molar-refractivity contribution in [3.63, 3.8) is 0 Å². The lowest BCUT2D eigenvalue weighted by molar-refractivity contribution is 0.0940. The van der Waals surface area contributed by atoms with Gasteiger partial charge in [0.2, 0.25) is 0 Å². The topological polar surface area (TPSA) is 71.4 Å². The van der Waals surface area contributed by atoms with Crippen LogP contribution < -0.4 is 10.6 Å². The molecule has 1 aromatic heterocycles. The molecule has 2 amide bonds. The highest BCUT2D eigenvalue weighted by Crippen LogP contribution is 2.21. The van der Waals surface area contributed by atoms with Gasteiger partial charge in [-0.25, -0.2) is 4.79 Å². The van der Waals surface area contributed by atoms with Crippen molar-refractivity contribution >= 4 is 11.7 Å². The fourth-order valence-electron chi connectivity index (χ4n) is 4.04. The lowest BCUT2D eigenvalue weighted by Gasteiger charge is -2.38. The van der Waals surface area contributed by atoms with E-state index in [4.69, 9.17) is 4.74 Å². The van der Waals surface area contributed by atoms with Gasteiger partial charge in [0, 0.05) is 25.4 Å². The van der Waals surface area contributed by atoms with Gasteiger partial charge in [0.25, 0.3) is 0 Å². The normalized spacial score (nSPS) is 22.9. The van der Waals surface area contributed by atoms with E-state index in [1.165, 1.54) is 12.8 Å². The molecule has 0 bridgehead atoms. The van der Waals surface area contributed by atoms with E-state index < -0.39 is 0 Å². The summed E-state index contributed by atoms with van der Waals surface area (Å²) in [6.07, 6.45) is 8.50. The molecule has 152 valence electrons. The number of carbonyl (C=O) groups excluding carboxylic acids is 1. The maximum Gasteiger partial charge on any atom is 0.319 e. The molecular weight excluding hydrogens is 342 g/mol. The zero-order valence-electron chi connectivity index (χ0n) is 17.0. The first-order valence-electron chi connectivity index (χ1n) is 10.4. The number of aromatic nitrogens is 2. The first-order valence-corrected chi connectivity index (χ1v) is 10.4. The second-order valence-corrected chi connectivity index (χ2v) is 8.45. The molecule has 27 heavy (non-hydrogen) atoms. The van der Waals surface area contributed by atoms with Gasteiger partial charge in [-0.1, -0.05) is 20.8 Å². The minimum absolute atomic E-state index is 0.164. The van der Waals surface area contributed by atoms with Gasteiger partial charge in [-0.05, 0) is 50.6 Å². The van der Waals surface area contributed by atoms with Crippen molar-refractivity contribution in [2.24, 2.45) is 11.8 Å². The number of likely N-dealkylation sites (tertiary alicyclic amines) is 1. The number of piperidine rings is 1. The van der Waals surface area contributed by atoms with Gasteiger partial charge < -0.3 is 15.4 Å². The van der Waals surface area contributed by atoms with Gasteiger partial charge in [-0.2, -0.15) is 5.10 Å². The number of nitrogens with zero attached hydrogens (tertiary/aromatic N) is 3. The van der Waals surface area contributed by atoms with Crippen LogP contribution in [-0.2, 0) is 11.3 Å². The van der Waals surface area contributed by atoms with E-state index in [0.29, 0.717) is 18.5 Å². The molecular formula is C20H35N5O2. The summed E-state index contributed by atoms with van der Waals surface area (Å²) in [5, 5.41) is 10.3. The van der Waals surface area contributed by atoms with E-state index in [1.54, 1.807) is 6.20 Å². The average molecular weight is 378 g/mol. The summed E-state index contributed by atoms with van der Waals surface area (Å²) in [4.78, 5) is 14.9. The van der Waals surface area contributed by atoms with Gasteiger partial charge in [0.1, 0.15) is 0 Å². The van der Waals surface area contributed by atoms with Crippen LogP contribution in [0.25, 0.3) is 0 Å². The van der Waals surface area contributed by atoms with Crippen LogP contribution in [0.4, 0.5) is 10.5 Å². The molecule has 2 unspecified atom stereocenters. The van der Waals surface area contributed by atoms with Gasteiger partial charge in [0.05, 0.1) is 24.5 Å². The van der Waals surface area contributed by atoms with E-state index in [1.807, 2.05) is 10.9 Å². The van der Waals surface area contributed by atoms with E-state index >= 15 is 0 Å². The molecule has 1 aromatic rings. The molecule has 7 heteroatoms. The first-order chi connectivity index (χ1) is 13.0. The Kier molecular flexibility index (Phi) is 7.13. The molecule has 2 aliphatic rings. The van der Waals surface area contributed by atoms with Crippen LogP contribution in [0.15, 0.2) is 12.4 Å². The number of carbonyl (C=O) groups is 1. The molecule has 2 N–H and O–H groups in total. The van der Waals surface area contributed by atoms with E-state index in [2.05, 4.69) is 41.4 Å². The van der Waals surface area contributed by atoms with Crippen molar-refractivity contribution in [3.8, 4) is 0 Å². The third-order valence-corrected chi connectivity index (χ3v) is 5.83. The lowest BCUT2D eigenvalue weighted by atomic mass is 9.94. The van der Waals surface area contributed by atoms with Crippen molar-refractivity contribution < 1.29 is 9.53 Å². The lowest BCUT2D eigenvalue weighted by Crippen LogP contribution is -2.50. The zero-order chi connectivity index (χ0) is 19.2. The Morgan fingerprint density at radius 2 is 2.11 bits per heavy atom. The van der Waals surface area contributed by atoms with Crippen LogP contribution in [0.3, 0.4) is 0 Å². The largest absolute Gasteiger partial charge is 0.376 e. The Morgan fingerprint density at radius 1 is 1.33 bits per heavy atom. The van der Waals surface area contributed by atoms with Crippen LogP contribution in [-0.4, -0.2) is 59.1 Å². The summed E-state index contributed by atoms with van der Waals surface area (Å²) in [7, 11) is 0. The quantitative estimate of drug-likeness (QED) is 0.766. The Morgan fingerprint density at radius 3 is 2.78 bits per heavy atom. The summed E-state index contributed by atoms with van der Waals surface area (Å²) >= 11 is 0. The third kappa shape index (κ3) is 5.94. The van der Waals surface area contributed by atoms with Crippen molar-refractivity contribution in [1.82, 2.24) is 20.0 Å². The number of urea groups is 1. The Labute approximate surface area is 162 Å². The summed E-state index contributed by atoms with van der Waals surface area (Å²) in [5.74, 6) is 1.32. The van der Waals surface area contributed by atoms with Crippen molar-refractivity contribution in [3.05, 3.63) is 12.4 Å². The van der Waals surface area contributed by atoms with Gasteiger partial charge in [-0.3, -0.25) is 9.58 Å². The molecule has 3 rings (SSSR count). The Balaban J connectivity index is 1.44. The minimum atomic E-state index is -0.164. The molecule has 0 spiro atoms. The minimum Gasteiger partial charge on any atom is -0.376 e. The van der Waals surface area contributed by atoms with Gasteiger partial charge >= 0.3 is 6.03 Å². The second-order valence-electron chi connectivity index (χ2n) is 8.45. The maximum absolute atomic E-state index is 12.3. The molecule has 0 aromatic carbocycles. The molecule has 3 heterocycles. The highest BCUT2D eigenvalue weighted by Gasteiger charge is 2.26. The Bertz CT molecular complexity index is 589. The van der Waals surface area contributed by atoms with Crippen LogP contribution in [0.5, 0.6) is 0 Å². The van der Waals surface area contributed by atoms with Gasteiger partial charge in [0.15, 0.2) is 0 Å². The Hall–Kier alpha value is -1.60. The molecule has 2 fully saturated rings. The van der Waals surface area contributed by atoms with Gasteiger partial charge in [-0.15, -0.1) is 0 Å².